The highest BCUT2D eigenvalue weighted by Gasteiger charge is 2.23. The monoisotopic (exact) mass is 668 g/mol. The lowest BCUT2D eigenvalue weighted by molar-refractivity contribution is -0.161. The van der Waals surface area contributed by atoms with Gasteiger partial charge >= 0.3 is 26.3 Å². The lowest BCUT2D eigenvalue weighted by atomic mass is 10.0. The molecule has 1 rings (SSSR count). The number of amides is 1. The van der Waals surface area contributed by atoms with E-state index in [1.807, 2.05) is 30.3 Å². The summed E-state index contributed by atoms with van der Waals surface area (Å²) in [5.41, 5.74) is 0.908. The highest BCUT2D eigenvalue weighted by Crippen LogP contribution is 2.17. The van der Waals surface area contributed by atoms with Crippen LogP contribution in [0.2, 0.25) is 0 Å². The first-order chi connectivity index (χ1) is 22.4. The van der Waals surface area contributed by atoms with Crippen molar-refractivity contribution in [1.82, 2.24) is 5.32 Å². The number of benzene rings is 1. The van der Waals surface area contributed by atoms with E-state index in [9.17, 15) is 18.9 Å². The normalized spacial score (nSPS) is 11.9. The number of alkyl carbamates (subject to hydrolysis) is 1. The second kappa shape index (κ2) is 29.8. The molecule has 46 heavy (non-hydrogen) atoms. The summed E-state index contributed by atoms with van der Waals surface area (Å²) in [6.45, 7) is 2.29. The zero-order valence-electron chi connectivity index (χ0n) is 28.1. The van der Waals surface area contributed by atoms with Crippen LogP contribution in [0.3, 0.4) is 0 Å². The highest BCUT2D eigenvalue weighted by atomic mass is 31.1. The van der Waals surface area contributed by atoms with E-state index in [4.69, 9.17) is 23.6 Å². The molecule has 0 aromatic heterocycles. The average molecular weight is 669 g/mol. The molecule has 0 fully saturated rings. The third-order valence-corrected chi connectivity index (χ3v) is 7.99. The van der Waals surface area contributed by atoms with Gasteiger partial charge in [-0.25, -0.2) is 4.79 Å². The van der Waals surface area contributed by atoms with Crippen molar-refractivity contribution in [2.75, 3.05) is 19.8 Å². The Morgan fingerprint density at radius 2 is 1.22 bits per heavy atom. The fraction of sp³-hybridized carbons (Fsp3) is 0.743. The summed E-state index contributed by atoms with van der Waals surface area (Å²) < 4.78 is 31.4. The van der Waals surface area contributed by atoms with E-state index in [1.54, 1.807) is 0 Å². The Morgan fingerprint density at radius 3 is 1.78 bits per heavy atom. The van der Waals surface area contributed by atoms with Gasteiger partial charge in [-0.3, -0.25) is 9.59 Å². The Hall–Kier alpha value is -2.55. The Balaban J connectivity index is 2.07. The number of carbonyl (C=O) groups excluding carboxylic acids is 3. The molecule has 2 atom stereocenters. The number of hydrogen-bond acceptors (Lipinski definition) is 8. The first kappa shape index (κ1) is 41.5. The molecule has 0 radical (unpaired) electrons. The highest BCUT2D eigenvalue weighted by molar-refractivity contribution is 7.32. The molecule has 1 amide bonds. The summed E-state index contributed by atoms with van der Waals surface area (Å²) in [7, 11) is -2.87. The van der Waals surface area contributed by atoms with Crippen LogP contribution < -0.4 is 5.32 Å². The molecule has 1 unspecified atom stereocenters. The molecule has 1 aromatic carbocycles. The van der Waals surface area contributed by atoms with E-state index < -0.39 is 32.4 Å². The molecule has 0 bridgehead atoms. The number of rotatable bonds is 30. The molecular formula is C35H59NO9P+. The molecule has 10 nitrogen and oxygen atoms in total. The standard InChI is InChI=1S/C35H58NO9P/c1-2-3-4-5-6-7-8-9-10-11-12-13-14-15-20-26-34(38)45-32(30-44-46(40)41)29-42-33(37)25-21-17-22-27-36-35(39)43-28-31-23-18-16-19-24-31/h16,18-19,23-24,32H,2-15,17,20-22,25-30H2,1H3,(H-,36,39,40,41)/p+1/t32-/m0/s1. The van der Waals surface area contributed by atoms with Crippen LogP contribution in [0.15, 0.2) is 30.3 Å². The molecule has 0 aliphatic rings. The second-order valence-corrected chi connectivity index (χ2v) is 12.6. The van der Waals surface area contributed by atoms with Crippen LogP contribution in [0.4, 0.5) is 4.79 Å². The van der Waals surface area contributed by atoms with E-state index in [-0.39, 0.29) is 32.7 Å². The van der Waals surface area contributed by atoms with Crippen molar-refractivity contribution in [2.45, 2.75) is 148 Å². The second-order valence-electron chi connectivity index (χ2n) is 11.8. The molecule has 2 N–H and O–H groups in total. The number of unbranched alkanes of at least 4 members (excludes halogenated alkanes) is 16. The first-order valence-electron chi connectivity index (χ1n) is 17.5. The van der Waals surface area contributed by atoms with E-state index in [2.05, 4.69) is 12.2 Å². The number of carbonyl (C=O) groups is 3. The van der Waals surface area contributed by atoms with Gasteiger partial charge < -0.3 is 19.5 Å². The first-order valence-corrected chi connectivity index (χ1v) is 18.6. The third-order valence-electron chi connectivity index (χ3n) is 7.62. The van der Waals surface area contributed by atoms with Crippen LogP contribution in [0.5, 0.6) is 0 Å². The van der Waals surface area contributed by atoms with Crippen molar-refractivity contribution >= 4 is 26.3 Å². The van der Waals surface area contributed by atoms with Gasteiger partial charge in [0.15, 0.2) is 6.10 Å². The lowest BCUT2D eigenvalue weighted by Gasteiger charge is -2.15. The van der Waals surface area contributed by atoms with Crippen LogP contribution in [-0.2, 0) is 39.5 Å². The van der Waals surface area contributed by atoms with E-state index in [0.29, 0.717) is 32.2 Å². The summed E-state index contributed by atoms with van der Waals surface area (Å²) in [6, 6.07) is 9.40. The van der Waals surface area contributed by atoms with Gasteiger partial charge in [0.2, 0.25) is 0 Å². The van der Waals surface area contributed by atoms with Gasteiger partial charge in [0.05, 0.1) is 0 Å². The lowest BCUT2D eigenvalue weighted by Crippen LogP contribution is -2.29. The summed E-state index contributed by atoms with van der Waals surface area (Å²) in [5.74, 6) is -0.908. The maximum Gasteiger partial charge on any atom is 0.694 e. The van der Waals surface area contributed by atoms with Gasteiger partial charge in [0.25, 0.3) is 0 Å². The molecular weight excluding hydrogens is 609 g/mol. The van der Waals surface area contributed by atoms with Gasteiger partial charge in [-0.05, 0) is 24.8 Å². The molecule has 262 valence electrons. The Labute approximate surface area is 277 Å². The molecule has 0 saturated heterocycles. The van der Waals surface area contributed by atoms with Gasteiger partial charge in [0.1, 0.15) is 19.8 Å². The minimum absolute atomic E-state index is 0.160. The van der Waals surface area contributed by atoms with Gasteiger partial charge in [-0.1, -0.05) is 134 Å². The maximum absolute atomic E-state index is 12.3. The summed E-state index contributed by atoms with van der Waals surface area (Å²) in [5, 5.41) is 2.68. The van der Waals surface area contributed by atoms with Crippen molar-refractivity contribution in [3.63, 3.8) is 0 Å². The summed E-state index contributed by atoms with van der Waals surface area (Å²) in [6.07, 6.45) is 19.4. The summed E-state index contributed by atoms with van der Waals surface area (Å²) >= 11 is 0. The van der Waals surface area contributed by atoms with Crippen LogP contribution in [0, 0.1) is 0 Å². The van der Waals surface area contributed by atoms with Gasteiger partial charge in [0, 0.05) is 24.0 Å². The van der Waals surface area contributed by atoms with Gasteiger partial charge in [-0.2, -0.15) is 0 Å². The van der Waals surface area contributed by atoms with Crippen molar-refractivity contribution in [3.05, 3.63) is 35.9 Å². The van der Waals surface area contributed by atoms with Crippen molar-refractivity contribution < 1.29 is 42.6 Å². The van der Waals surface area contributed by atoms with Crippen molar-refractivity contribution in [3.8, 4) is 0 Å². The predicted molar refractivity (Wildman–Crippen MR) is 179 cm³/mol. The van der Waals surface area contributed by atoms with Crippen LogP contribution >= 0.6 is 8.25 Å². The topological polar surface area (TPSA) is 137 Å². The summed E-state index contributed by atoms with van der Waals surface area (Å²) in [4.78, 5) is 45.2. The molecule has 11 heteroatoms. The number of esters is 2. The number of hydrogen-bond donors (Lipinski definition) is 2. The zero-order chi connectivity index (χ0) is 33.5. The molecule has 0 heterocycles. The Morgan fingerprint density at radius 1 is 0.696 bits per heavy atom. The molecule has 0 aliphatic carbocycles. The maximum atomic E-state index is 12.3. The van der Waals surface area contributed by atoms with E-state index in [1.165, 1.54) is 77.0 Å². The molecule has 0 aliphatic heterocycles. The van der Waals surface area contributed by atoms with Crippen LogP contribution in [0.25, 0.3) is 0 Å². The number of nitrogens with one attached hydrogen (secondary N) is 1. The van der Waals surface area contributed by atoms with E-state index in [0.717, 1.165) is 18.4 Å². The van der Waals surface area contributed by atoms with Crippen LogP contribution in [-0.4, -0.2) is 48.8 Å². The quantitative estimate of drug-likeness (QED) is 0.0356. The van der Waals surface area contributed by atoms with Gasteiger partial charge in [-0.15, -0.1) is 9.42 Å². The molecule has 0 spiro atoms. The minimum atomic E-state index is -2.87. The Bertz CT molecular complexity index is 932. The zero-order valence-corrected chi connectivity index (χ0v) is 29.0. The Kier molecular flexibility index (Phi) is 26.9. The fourth-order valence-electron chi connectivity index (χ4n) is 4.94. The van der Waals surface area contributed by atoms with Crippen molar-refractivity contribution in [1.29, 1.82) is 0 Å². The predicted octanol–water partition coefficient (Wildman–Crippen LogP) is 8.86. The SMILES string of the molecule is CCCCCCCCCCCCCCCCCC(=O)O[C@@H](COC(=O)CCCCCNC(=O)OCc1ccccc1)CO[P+](=O)O. The van der Waals surface area contributed by atoms with E-state index >= 15 is 0 Å². The molecule has 0 saturated carbocycles. The molecule has 1 aromatic rings. The minimum Gasteiger partial charge on any atom is -0.462 e. The van der Waals surface area contributed by atoms with Crippen molar-refractivity contribution in [2.24, 2.45) is 0 Å². The fourth-order valence-corrected chi connectivity index (χ4v) is 5.24. The average Bonchev–Trinajstić information content (AvgIpc) is 3.05. The third kappa shape index (κ3) is 26.6. The largest absolute Gasteiger partial charge is 0.694 e. The van der Waals surface area contributed by atoms with Crippen LogP contribution in [0.1, 0.15) is 141 Å². The number of ether oxygens (including phenoxy) is 3. The smallest absolute Gasteiger partial charge is 0.462 e.